The van der Waals surface area contributed by atoms with Crippen molar-refractivity contribution >= 4 is 33.2 Å². The minimum absolute atomic E-state index is 0.0323. The number of thiophene rings is 1. The Morgan fingerprint density at radius 2 is 2.00 bits per heavy atom. The molecular formula is C27H26ClF3N4O3S. The molecule has 7 nitrogen and oxygen atoms in total. The van der Waals surface area contributed by atoms with Crippen LogP contribution in [0.2, 0.25) is 5.02 Å². The van der Waals surface area contributed by atoms with Crippen molar-refractivity contribution in [2.75, 3.05) is 13.1 Å². The summed E-state index contributed by atoms with van der Waals surface area (Å²) in [6, 6.07) is 8.27. The third kappa shape index (κ3) is 5.90. The maximum atomic E-state index is 12.9. The molecule has 2 atom stereocenters. The van der Waals surface area contributed by atoms with E-state index in [4.69, 9.17) is 16.3 Å². The number of halogens is 4. The third-order valence-electron chi connectivity index (χ3n) is 6.77. The first-order valence-corrected chi connectivity index (χ1v) is 13.6. The van der Waals surface area contributed by atoms with Crippen LogP contribution < -0.4 is 21.3 Å². The maximum absolute atomic E-state index is 12.9. The lowest BCUT2D eigenvalue weighted by Gasteiger charge is -2.31. The van der Waals surface area contributed by atoms with E-state index < -0.39 is 24.0 Å². The standard InChI is InChI=1S/C27H26ClF3N4O3S/c1-15-9-17(28)10-20(24(15)38-22-4-6-32-12-16(22)2)19-3-7-33-21-11-18(39-25(19)21)13-35-23(36)5-8-34(26(35)37)14-27(29,30)31/h3,5,7-11,16,22,32H,4,6,12-14H2,1-2H3/t16-,22+/m0/s1. The van der Waals surface area contributed by atoms with Gasteiger partial charge in [-0.1, -0.05) is 18.5 Å². The molecule has 0 radical (unpaired) electrons. The van der Waals surface area contributed by atoms with Crippen molar-refractivity contribution in [1.29, 1.82) is 0 Å². The van der Waals surface area contributed by atoms with E-state index in [0.29, 0.717) is 25.9 Å². The van der Waals surface area contributed by atoms with E-state index in [2.05, 4.69) is 17.2 Å². The van der Waals surface area contributed by atoms with Gasteiger partial charge in [-0.3, -0.25) is 18.9 Å². The highest BCUT2D eigenvalue weighted by Gasteiger charge is 2.29. The van der Waals surface area contributed by atoms with Crippen LogP contribution in [-0.2, 0) is 13.1 Å². The van der Waals surface area contributed by atoms with Crippen LogP contribution in [0, 0.1) is 12.8 Å². The van der Waals surface area contributed by atoms with Crippen LogP contribution in [0.25, 0.3) is 21.3 Å². The fraction of sp³-hybridized carbons (Fsp3) is 0.370. The van der Waals surface area contributed by atoms with Gasteiger partial charge in [0.2, 0.25) is 0 Å². The number of nitrogens with one attached hydrogen (secondary N) is 1. The summed E-state index contributed by atoms with van der Waals surface area (Å²) in [6.45, 7) is 4.17. The van der Waals surface area contributed by atoms with Crippen LogP contribution in [0.15, 0.2) is 52.3 Å². The minimum atomic E-state index is -4.59. The van der Waals surface area contributed by atoms with E-state index in [1.807, 2.05) is 25.1 Å². The summed E-state index contributed by atoms with van der Waals surface area (Å²) in [5.74, 6) is 1.05. The summed E-state index contributed by atoms with van der Waals surface area (Å²) < 4.78 is 47.4. The molecule has 4 aromatic rings. The lowest BCUT2D eigenvalue weighted by atomic mass is 9.97. The van der Waals surface area contributed by atoms with Crippen molar-refractivity contribution < 1.29 is 17.9 Å². The number of benzene rings is 1. The molecule has 1 N–H and O–H groups in total. The van der Waals surface area contributed by atoms with E-state index in [-0.39, 0.29) is 12.6 Å². The van der Waals surface area contributed by atoms with Gasteiger partial charge in [0.15, 0.2) is 0 Å². The van der Waals surface area contributed by atoms with Crippen molar-refractivity contribution in [3.63, 3.8) is 0 Å². The Morgan fingerprint density at radius 3 is 2.74 bits per heavy atom. The second-order valence-corrected chi connectivity index (χ2v) is 11.4. The molecule has 1 aromatic carbocycles. The van der Waals surface area contributed by atoms with E-state index in [9.17, 15) is 22.8 Å². The zero-order valence-corrected chi connectivity index (χ0v) is 22.8. The molecule has 0 aliphatic carbocycles. The molecule has 1 aliphatic heterocycles. The van der Waals surface area contributed by atoms with Crippen LogP contribution in [-0.4, -0.2) is 39.5 Å². The molecule has 0 saturated carbocycles. The number of hydrogen-bond donors (Lipinski definition) is 1. The number of aryl methyl sites for hydroxylation is 1. The predicted molar refractivity (Wildman–Crippen MR) is 146 cm³/mol. The number of ether oxygens (including phenoxy) is 1. The molecule has 206 valence electrons. The van der Waals surface area contributed by atoms with E-state index >= 15 is 0 Å². The normalized spacial score (nSPS) is 18.0. The molecule has 4 heterocycles. The summed E-state index contributed by atoms with van der Waals surface area (Å²) in [6.07, 6.45) is -1.17. The molecule has 0 unspecified atom stereocenters. The van der Waals surface area contributed by atoms with Gasteiger partial charge < -0.3 is 10.1 Å². The number of hydrogen-bond acceptors (Lipinski definition) is 6. The monoisotopic (exact) mass is 578 g/mol. The molecule has 3 aromatic heterocycles. The first-order valence-electron chi connectivity index (χ1n) is 12.4. The second-order valence-electron chi connectivity index (χ2n) is 9.78. The molecule has 1 fully saturated rings. The number of alkyl halides is 3. The third-order valence-corrected chi connectivity index (χ3v) is 8.13. The lowest BCUT2D eigenvalue weighted by Crippen LogP contribution is -2.41. The van der Waals surface area contributed by atoms with Crippen LogP contribution in [0.3, 0.4) is 0 Å². The summed E-state index contributed by atoms with van der Waals surface area (Å²) in [5.41, 5.74) is 1.45. The molecule has 0 amide bonds. The molecule has 1 saturated heterocycles. The van der Waals surface area contributed by atoms with E-state index in [1.165, 1.54) is 11.3 Å². The van der Waals surface area contributed by atoms with Gasteiger partial charge in [-0.05, 0) is 49.7 Å². The van der Waals surface area contributed by atoms with Crippen molar-refractivity contribution in [1.82, 2.24) is 19.4 Å². The molecule has 0 bridgehead atoms. The van der Waals surface area contributed by atoms with E-state index in [1.54, 1.807) is 12.3 Å². The van der Waals surface area contributed by atoms with Gasteiger partial charge in [-0.15, -0.1) is 11.3 Å². The molecular weight excluding hydrogens is 553 g/mol. The SMILES string of the molecule is Cc1cc(Cl)cc(-c2ccnc3cc(Cn4c(=O)ccn(CC(F)(F)F)c4=O)sc23)c1O[C@@H]1CCNC[C@@H]1C. The van der Waals surface area contributed by atoms with Gasteiger partial charge in [-0.25, -0.2) is 4.79 Å². The quantitative estimate of drug-likeness (QED) is 0.339. The number of pyridine rings is 1. The zero-order valence-electron chi connectivity index (χ0n) is 21.2. The zero-order chi connectivity index (χ0) is 27.9. The number of nitrogens with zero attached hydrogens (tertiary/aromatic N) is 3. The predicted octanol–water partition coefficient (Wildman–Crippen LogP) is 5.24. The number of rotatable bonds is 6. The minimum Gasteiger partial charge on any atom is -0.489 e. The number of aromatic nitrogens is 3. The first-order chi connectivity index (χ1) is 18.5. The Morgan fingerprint density at radius 1 is 1.21 bits per heavy atom. The largest absolute Gasteiger partial charge is 0.489 e. The highest BCUT2D eigenvalue weighted by atomic mass is 35.5. The summed E-state index contributed by atoms with van der Waals surface area (Å²) in [7, 11) is 0. The number of piperidine rings is 1. The van der Waals surface area contributed by atoms with Gasteiger partial charge in [0, 0.05) is 51.9 Å². The number of fused-ring (bicyclic) bond motifs is 1. The Balaban J connectivity index is 1.56. The summed E-state index contributed by atoms with van der Waals surface area (Å²) in [4.78, 5) is 30.2. The molecule has 5 rings (SSSR count). The fourth-order valence-electron chi connectivity index (χ4n) is 4.85. The lowest BCUT2D eigenvalue weighted by molar-refractivity contribution is -0.141. The second kappa shape index (κ2) is 10.8. The van der Waals surface area contributed by atoms with Gasteiger partial charge in [0.1, 0.15) is 18.4 Å². The van der Waals surface area contributed by atoms with E-state index in [0.717, 1.165) is 63.5 Å². The smallest absolute Gasteiger partial charge is 0.406 e. The van der Waals surface area contributed by atoms with Crippen molar-refractivity contribution in [3.8, 4) is 16.9 Å². The van der Waals surface area contributed by atoms with Gasteiger partial charge in [0.25, 0.3) is 5.56 Å². The summed E-state index contributed by atoms with van der Waals surface area (Å²) in [5, 5.41) is 3.93. The van der Waals surface area contributed by atoms with Crippen LogP contribution in [0.1, 0.15) is 23.8 Å². The average Bonchev–Trinajstić information content (AvgIpc) is 3.28. The average molecular weight is 579 g/mol. The van der Waals surface area contributed by atoms with Gasteiger partial charge in [0.05, 0.1) is 16.8 Å². The maximum Gasteiger partial charge on any atom is 0.406 e. The highest BCUT2D eigenvalue weighted by molar-refractivity contribution is 7.19. The molecule has 12 heteroatoms. The Labute approximate surface area is 230 Å². The Kier molecular flexibility index (Phi) is 7.58. The highest BCUT2D eigenvalue weighted by Crippen LogP contribution is 2.42. The Hall–Kier alpha value is -3.15. The Bertz CT molecular complexity index is 1650. The topological polar surface area (TPSA) is 78.2 Å². The van der Waals surface area contributed by atoms with Crippen LogP contribution in [0.4, 0.5) is 13.2 Å². The molecule has 0 spiro atoms. The first kappa shape index (κ1) is 27.4. The van der Waals surface area contributed by atoms with Crippen LogP contribution in [0.5, 0.6) is 5.75 Å². The van der Waals surface area contributed by atoms with Crippen molar-refractivity contribution in [2.45, 2.75) is 45.6 Å². The van der Waals surface area contributed by atoms with Crippen LogP contribution >= 0.6 is 22.9 Å². The van der Waals surface area contributed by atoms with Gasteiger partial charge >= 0.3 is 11.9 Å². The van der Waals surface area contributed by atoms with Crippen molar-refractivity contribution in [3.05, 3.63) is 79.0 Å². The van der Waals surface area contributed by atoms with Crippen molar-refractivity contribution in [2.24, 2.45) is 5.92 Å². The fourth-order valence-corrected chi connectivity index (χ4v) is 6.26. The van der Waals surface area contributed by atoms with Gasteiger partial charge in [-0.2, -0.15) is 13.2 Å². The molecule has 1 aliphatic rings. The summed E-state index contributed by atoms with van der Waals surface area (Å²) >= 11 is 7.79. The molecule has 39 heavy (non-hydrogen) atoms.